The smallest absolute Gasteiger partial charge is 0.241 e. The SMILES string of the molecule is CN(CCc1ccccc1)C(=O)CN1C[C@@H](Cc2ccccc2)CC1=O. The minimum absolute atomic E-state index is 0.00893. The van der Waals surface area contributed by atoms with Gasteiger partial charge < -0.3 is 9.80 Å². The zero-order valence-corrected chi connectivity index (χ0v) is 15.3. The Hall–Kier alpha value is -2.62. The van der Waals surface area contributed by atoms with Gasteiger partial charge in [0, 0.05) is 26.6 Å². The molecule has 0 aromatic heterocycles. The fourth-order valence-corrected chi connectivity index (χ4v) is 3.44. The van der Waals surface area contributed by atoms with Gasteiger partial charge >= 0.3 is 0 Å². The lowest BCUT2D eigenvalue weighted by Gasteiger charge is -2.22. The molecule has 0 unspecified atom stereocenters. The van der Waals surface area contributed by atoms with E-state index in [1.165, 1.54) is 11.1 Å². The van der Waals surface area contributed by atoms with Gasteiger partial charge in [-0.25, -0.2) is 0 Å². The summed E-state index contributed by atoms with van der Waals surface area (Å²) in [7, 11) is 1.81. The first-order valence-corrected chi connectivity index (χ1v) is 9.21. The van der Waals surface area contributed by atoms with Crippen molar-refractivity contribution >= 4 is 11.8 Å². The highest BCUT2D eigenvalue weighted by Gasteiger charge is 2.31. The molecule has 0 bridgehead atoms. The number of carbonyl (C=O) groups excluding carboxylic acids is 2. The number of benzene rings is 2. The van der Waals surface area contributed by atoms with Gasteiger partial charge in [0.1, 0.15) is 0 Å². The van der Waals surface area contributed by atoms with Crippen molar-refractivity contribution in [2.75, 3.05) is 26.7 Å². The van der Waals surface area contributed by atoms with Crippen molar-refractivity contribution in [3.8, 4) is 0 Å². The molecule has 4 nitrogen and oxygen atoms in total. The zero-order chi connectivity index (χ0) is 18.4. The second-order valence-corrected chi connectivity index (χ2v) is 7.09. The van der Waals surface area contributed by atoms with Gasteiger partial charge in [-0.2, -0.15) is 0 Å². The molecular formula is C22H26N2O2. The van der Waals surface area contributed by atoms with Crippen LogP contribution in [0.25, 0.3) is 0 Å². The van der Waals surface area contributed by atoms with Crippen LogP contribution in [0.3, 0.4) is 0 Å². The summed E-state index contributed by atoms with van der Waals surface area (Å²) >= 11 is 0. The van der Waals surface area contributed by atoms with Gasteiger partial charge in [-0.3, -0.25) is 9.59 Å². The van der Waals surface area contributed by atoms with Crippen LogP contribution in [0.1, 0.15) is 17.5 Å². The lowest BCUT2D eigenvalue weighted by atomic mass is 9.99. The molecule has 0 N–H and O–H groups in total. The fraction of sp³-hybridized carbons (Fsp3) is 0.364. The predicted molar refractivity (Wildman–Crippen MR) is 103 cm³/mol. The molecule has 1 aliphatic heterocycles. The van der Waals surface area contributed by atoms with E-state index in [-0.39, 0.29) is 18.4 Å². The van der Waals surface area contributed by atoms with Crippen LogP contribution in [0.5, 0.6) is 0 Å². The number of likely N-dealkylation sites (N-methyl/N-ethyl adjacent to an activating group) is 1. The quantitative estimate of drug-likeness (QED) is 0.770. The molecule has 1 fully saturated rings. The lowest BCUT2D eigenvalue weighted by molar-refractivity contribution is -0.137. The number of hydrogen-bond acceptors (Lipinski definition) is 2. The van der Waals surface area contributed by atoms with Crippen LogP contribution < -0.4 is 0 Å². The first kappa shape index (κ1) is 18.2. The topological polar surface area (TPSA) is 40.6 Å². The molecule has 26 heavy (non-hydrogen) atoms. The second kappa shape index (κ2) is 8.65. The van der Waals surface area contributed by atoms with Crippen molar-refractivity contribution in [3.05, 3.63) is 71.8 Å². The summed E-state index contributed by atoms with van der Waals surface area (Å²) in [6.45, 7) is 1.53. The van der Waals surface area contributed by atoms with Crippen LogP contribution in [0, 0.1) is 5.92 Å². The van der Waals surface area contributed by atoms with Gasteiger partial charge in [0.25, 0.3) is 0 Å². The van der Waals surface area contributed by atoms with Crippen molar-refractivity contribution in [1.82, 2.24) is 9.80 Å². The van der Waals surface area contributed by atoms with Crippen molar-refractivity contribution < 1.29 is 9.59 Å². The van der Waals surface area contributed by atoms with Crippen molar-refractivity contribution in [1.29, 1.82) is 0 Å². The molecule has 0 spiro atoms. The molecule has 0 saturated carbocycles. The monoisotopic (exact) mass is 350 g/mol. The number of hydrogen-bond donors (Lipinski definition) is 0. The van der Waals surface area contributed by atoms with E-state index in [2.05, 4.69) is 24.3 Å². The molecule has 1 aliphatic rings. The standard InChI is InChI=1S/C22H26N2O2/c1-23(13-12-18-8-4-2-5-9-18)22(26)17-24-16-20(15-21(24)25)14-19-10-6-3-7-11-19/h2-11,20H,12-17H2,1H3/t20-/m0/s1. The molecule has 3 rings (SSSR count). The molecule has 2 aromatic rings. The van der Waals surface area contributed by atoms with Crippen LogP contribution >= 0.6 is 0 Å². The molecule has 0 aliphatic carbocycles. The molecule has 1 atom stereocenters. The maximum Gasteiger partial charge on any atom is 0.241 e. The number of likely N-dealkylation sites (tertiary alicyclic amines) is 1. The summed E-state index contributed by atoms with van der Waals surface area (Å²) < 4.78 is 0. The highest BCUT2D eigenvalue weighted by molar-refractivity contribution is 5.86. The maximum atomic E-state index is 12.5. The van der Waals surface area contributed by atoms with Gasteiger partial charge in [-0.05, 0) is 29.9 Å². The van der Waals surface area contributed by atoms with E-state index in [4.69, 9.17) is 0 Å². The van der Waals surface area contributed by atoms with E-state index >= 15 is 0 Å². The molecule has 0 radical (unpaired) electrons. The third-order valence-electron chi connectivity index (χ3n) is 4.99. The summed E-state index contributed by atoms with van der Waals surface area (Å²) in [5.74, 6) is 0.401. The third-order valence-corrected chi connectivity index (χ3v) is 4.99. The molecule has 2 aromatic carbocycles. The number of rotatable bonds is 7. The van der Waals surface area contributed by atoms with Crippen LogP contribution in [0.2, 0.25) is 0 Å². The van der Waals surface area contributed by atoms with Crippen LogP contribution in [-0.4, -0.2) is 48.3 Å². The Morgan fingerprint density at radius 2 is 1.65 bits per heavy atom. The first-order valence-electron chi connectivity index (χ1n) is 9.21. The van der Waals surface area contributed by atoms with Gasteiger partial charge in [-0.1, -0.05) is 60.7 Å². The number of nitrogens with zero attached hydrogens (tertiary/aromatic N) is 2. The molecular weight excluding hydrogens is 324 g/mol. The zero-order valence-electron chi connectivity index (χ0n) is 15.3. The Morgan fingerprint density at radius 1 is 1.04 bits per heavy atom. The summed E-state index contributed by atoms with van der Waals surface area (Å²) in [6.07, 6.45) is 2.25. The highest BCUT2D eigenvalue weighted by atomic mass is 16.2. The van der Waals surface area contributed by atoms with Gasteiger partial charge in [-0.15, -0.1) is 0 Å². The normalized spacial score (nSPS) is 16.7. The van der Waals surface area contributed by atoms with Crippen molar-refractivity contribution in [3.63, 3.8) is 0 Å². The summed E-state index contributed by atoms with van der Waals surface area (Å²) in [5.41, 5.74) is 2.46. The molecule has 136 valence electrons. The van der Waals surface area contributed by atoms with Gasteiger partial charge in [0.05, 0.1) is 6.54 Å². The minimum Gasteiger partial charge on any atom is -0.344 e. The molecule has 2 amide bonds. The average Bonchev–Trinajstić information content (AvgIpc) is 3.00. The van der Waals surface area contributed by atoms with E-state index in [1.54, 1.807) is 9.80 Å². The largest absolute Gasteiger partial charge is 0.344 e. The predicted octanol–water partition coefficient (Wildman–Crippen LogP) is 2.78. The van der Waals surface area contributed by atoms with Crippen LogP contribution in [0.4, 0.5) is 0 Å². The van der Waals surface area contributed by atoms with Gasteiger partial charge in [0.15, 0.2) is 0 Å². The van der Waals surface area contributed by atoms with E-state index in [9.17, 15) is 9.59 Å². The van der Waals surface area contributed by atoms with Crippen LogP contribution in [-0.2, 0) is 22.4 Å². The molecule has 1 saturated heterocycles. The summed E-state index contributed by atoms with van der Waals surface area (Å²) in [6, 6.07) is 20.4. The van der Waals surface area contributed by atoms with Crippen molar-refractivity contribution in [2.45, 2.75) is 19.3 Å². The average molecular weight is 350 g/mol. The Bertz CT molecular complexity index is 730. The van der Waals surface area contributed by atoms with E-state index in [0.717, 1.165) is 12.8 Å². The Labute approximate surface area is 155 Å². The van der Waals surface area contributed by atoms with E-state index in [1.807, 2.05) is 43.4 Å². The van der Waals surface area contributed by atoms with E-state index in [0.29, 0.717) is 25.4 Å². The second-order valence-electron chi connectivity index (χ2n) is 7.09. The lowest BCUT2D eigenvalue weighted by Crippen LogP contribution is -2.40. The maximum absolute atomic E-state index is 12.5. The highest BCUT2D eigenvalue weighted by Crippen LogP contribution is 2.22. The van der Waals surface area contributed by atoms with E-state index < -0.39 is 0 Å². The summed E-state index contributed by atoms with van der Waals surface area (Å²) in [4.78, 5) is 28.2. The molecule has 1 heterocycles. The minimum atomic E-state index is 0.00893. The number of carbonyl (C=O) groups is 2. The Kier molecular flexibility index (Phi) is 6.05. The van der Waals surface area contributed by atoms with Crippen LogP contribution in [0.15, 0.2) is 60.7 Å². The fourth-order valence-electron chi connectivity index (χ4n) is 3.44. The number of amides is 2. The van der Waals surface area contributed by atoms with Crippen molar-refractivity contribution in [2.24, 2.45) is 5.92 Å². The van der Waals surface area contributed by atoms with Gasteiger partial charge in [0.2, 0.25) is 11.8 Å². The Morgan fingerprint density at radius 3 is 2.31 bits per heavy atom. The molecule has 4 heteroatoms. The third kappa shape index (κ3) is 4.94. The summed E-state index contributed by atoms with van der Waals surface area (Å²) in [5, 5.41) is 0. The Balaban J connectivity index is 1.47. The first-order chi connectivity index (χ1) is 12.6.